The second-order valence-electron chi connectivity index (χ2n) is 8.12. The number of fused-ring (bicyclic) bond motifs is 1. The molecule has 1 fully saturated rings. The molecule has 0 spiro atoms. The van der Waals surface area contributed by atoms with Crippen molar-refractivity contribution in [3.63, 3.8) is 0 Å². The third kappa shape index (κ3) is 4.52. The third-order valence-corrected chi connectivity index (χ3v) is 7.88. The SMILES string of the molecule is CCOc1ccc(-n2nnnc2CN2CCN(S(=O)(=O)c3ccc4ccccc4c3)CC2)cc1. The highest BCUT2D eigenvalue weighted by Crippen LogP contribution is 2.23. The van der Waals surface area contributed by atoms with Gasteiger partial charge in [0.05, 0.1) is 23.7 Å². The molecule has 34 heavy (non-hydrogen) atoms. The Bertz CT molecular complexity index is 1380. The first-order chi connectivity index (χ1) is 16.5. The molecule has 1 aromatic heterocycles. The van der Waals surface area contributed by atoms with Gasteiger partial charge in [-0.05, 0) is 64.5 Å². The minimum Gasteiger partial charge on any atom is -0.494 e. The largest absolute Gasteiger partial charge is 0.494 e. The first kappa shape index (κ1) is 22.5. The fourth-order valence-corrected chi connectivity index (χ4v) is 5.62. The van der Waals surface area contributed by atoms with Crippen molar-refractivity contribution in [2.24, 2.45) is 0 Å². The molecule has 0 aliphatic carbocycles. The lowest BCUT2D eigenvalue weighted by Crippen LogP contribution is -2.48. The highest BCUT2D eigenvalue weighted by Gasteiger charge is 2.29. The van der Waals surface area contributed by atoms with E-state index in [0.717, 1.165) is 22.2 Å². The number of ether oxygens (including phenoxy) is 1. The summed E-state index contributed by atoms with van der Waals surface area (Å²) in [6, 6.07) is 20.7. The lowest BCUT2D eigenvalue weighted by molar-refractivity contribution is 0.177. The van der Waals surface area contributed by atoms with Crippen LogP contribution in [-0.2, 0) is 16.6 Å². The van der Waals surface area contributed by atoms with E-state index in [1.807, 2.05) is 61.5 Å². The van der Waals surface area contributed by atoms with Crippen molar-refractivity contribution in [2.45, 2.75) is 18.4 Å². The van der Waals surface area contributed by atoms with E-state index in [9.17, 15) is 8.42 Å². The normalized spacial score (nSPS) is 15.6. The quantitative estimate of drug-likeness (QED) is 0.403. The Kier molecular flexibility index (Phi) is 6.27. The molecule has 2 heterocycles. The van der Waals surface area contributed by atoms with Crippen LogP contribution in [0.4, 0.5) is 0 Å². The van der Waals surface area contributed by atoms with Gasteiger partial charge in [-0.1, -0.05) is 30.3 Å². The molecule has 1 aliphatic rings. The van der Waals surface area contributed by atoms with Gasteiger partial charge in [0.2, 0.25) is 10.0 Å². The summed E-state index contributed by atoms with van der Waals surface area (Å²) in [6.07, 6.45) is 0. The Hall–Kier alpha value is -3.34. The standard InChI is InChI=1S/C24H26N6O3S/c1-2-33-22-10-8-21(9-11-22)30-24(25-26-27-30)18-28-13-15-29(16-14-28)34(31,32)23-12-7-19-5-3-4-6-20(19)17-23/h3-12,17H,2,13-16,18H2,1H3. The zero-order valence-corrected chi connectivity index (χ0v) is 19.7. The highest BCUT2D eigenvalue weighted by molar-refractivity contribution is 7.89. The van der Waals surface area contributed by atoms with Crippen molar-refractivity contribution in [3.8, 4) is 11.4 Å². The summed E-state index contributed by atoms with van der Waals surface area (Å²) in [5, 5.41) is 14.1. The zero-order valence-electron chi connectivity index (χ0n) is 18.9. The van der Waals surface area contributed by atoms with Crippen LogP contribution in [-0.4, -0.2) is 70.6 Å². The molecule has 10 heteroatoms. The van der Waals surface area contributed by atoms with E-state index < -0.39 is 10.0 Å². The van der Waals surface area contributed by atoms with Gasteiger partial charge in [-0.15, -0.1) is 5.10 Å². The van der Waals surface area contributed by atoms with Crippen LogP contribution in [0.25, 0.3) is 16.5 Å². The maximum Gasteiger partial charge on any atom is 0.243 e. The van der Waals surface area contributed by atoms with Gasteiger partial charge in [0, 0.05) is 26.2 Å². The van der Waals surface area contributed by atoms with Gasteiger partial charge in [0.25, 0.3) is 0 Å². The number of aromatic nitrogens is 4. The number of hydrogen-bond acceptors (Lipinski definition) is 7. The van der Waals surface area contributed by atoms with Gasteiger partial charge in [-0.25, -0.2) is 8.42 Å². The van der Waals surface area contributed by atoms with Crippen LogP contribution in [0.5, 0.6) is 5.75 Å². The summed E-state index contributed by atoms with van der Waals surface area (Å²) in [7, 11) is -3.55. The summed E-state index contributed by atoms with van der Waals surface area (Å²) >= 11 is 0. The Labute approximate surface area is 198 Å². The maximum atomic E-state index is 13.2. The van der Waals surface area contributed by atoms with Crippen LogP contribution in [0.15, 0.2) is 71.6 Å². The topological polar surface area (TPSA) is 93.4 Å². The van der Waals surface area contributed by atoms with Crippen molar-refractivity contribution < 1.29 is 13.2 Å². The van der Waals surface area contributed by atoms with Crippen molar-refractivity contribution in [2.75, 3.05) is 32.8 Å². The maximum absolute atomic E-state index is 13.2. The number of hydrogen-bond donors (Lipinski definition) is 0. The second-order valence-corrected chi connectivity index (χ2v) is 10.1. The molecular weight excluding hydrogens is 452 g/mol. The number of rotatable bonds is 7. The van der Waals surface area contributed by atoms with Crippen molar-refractivity contribution in [1.29, 1.82) is 0 Å². The number of piperazine rings is 1. The molecule has 0 unspecified atom stereocenters. The van der Waals surface area contributed by atoms with E-state index in [1.54, 1.807) is 21.1 Å². The number of nitrogens with zero attached hydrogens (tertiary/aromatic N) is 6. The van der Waals surface area contributed by atoms with Gasteiger partial charge >= 0.3 is 0 Å². The lowest BCUT2D eigenvalue weighted by atomic mass is 10.1. The average Bonchev–Trinajstić information content (AvgIpc) is 3.33. The Morgan fingerprint density at radius 1 is 0.912 bits per heavy atom. The first-order valence-corrected chi connectivity index (χ1v) is 12.7. The second kappa shape index (κ2) is 9.49. The molecule has 5 rings (SSSR count). The molecular formula is C24H26N6O3S. The molecule has 0 N–H and O–H groups in total. The van der Waals surface area contributed by atoms with Crippen LogP contribution in [0.1, 0.15) is 12.7 Å². The summed E-state index contributed by atoms with van der Waals surface area (Å²) in [6.45, 7) is 5.12. The Morgan fingerprint density at radius 2 is 1.65 bits per heavy atom. The summed E-state index contributed by atoms with van der Waals surface area (Å²) < 4.78 is 35.2. The highest BCUT2D eigenvalue weighted by atomic mass is 32.2. The summed E-state index contributed by atoms with van der Waals surface area (Å²) in [5.41, 5.74) is 0.848. The average molecular weight is 479 g/mol. The van der Waals surface area contributed by atoms with E-state index in [2.05, 4.69) is 20.4 Å². The van der Waals surface area contributed by atoms with E-state index >= 15 is 0 Å². The molecule has 0 atom stereocenters. The molecule has 1 aliphatic heterocycles. The minimum absolute atomic E-state index is 0.332. The fourth-order valence-electron chi connectivity index (χ4n) is 4.16. The molecule has 4 aromatic rings. The molecule has 0 bridgehead atoms. The number of tetrazole rings is 1. The molecule has 0 saturated carbocycles. The van der Waals surface area contributed by atoms with E-state index in [4.69, 9.17) is 4.74 Å². The predicted octanol–water partition coefficient (Wildman–Crippen LogP) is 2.72. The van der Waals surface area contributed by atoms with Crippen molar-refractivity contribution >= 4 is 20.8 Å². The van der Waals surface area contributed by atoms with Crippen molar-refractivity contribution in [1.82, 2.24) is 29.4 Å². The van der Waals surface area contributed by atoms with Crippen LogP contribution in [0.2, 0.25) is 0 Å². The van der Waals surface area contributed by atoms with Gasteiger partial charge in [0.1, 0.15) is 5.75 Å². The summed E-state index contributed by atoms with van der Waals surface area (Å²) in [4.78, 5) is 2.50. The lowest BCUT2D eigenvalue weighted by Gasteiger charge is -2.33. The van der Waals surface area contributed by atoms with Crippen molar-refractivity contribution in [3.05, 3.63) is 72.6 Å². The molecule has 3 aromatic carbocycles. The minimum atomic E-state index is -3.55. The number of sulfonamides is 1. The van der Waals surface area contributed by atoms with Crippen LogP contribution in [0, 0.1) is 0 Å². The molecule has 1 saturated heterocycles. The van der Waals surface area contributed by atoms with Crippen LogP contribution < -0.4 is 4.74 Å². The van der Waals surface area contributed by atoms with Gasteiger partial charge in [-0.3, -0.25) is 4.90 Å². The first-order valence-electron chi connectivity index (χ1n) is 11.3. The zero-order chi connectivity index (χ0) is 23.5. The molecule has 9 nitrogen and oxygen atoms in total. The van der Waals surface area contributed by atoms with Gasteiger partial charge in [0.15, 0.2) is 5.82 Å². The summed E-state index contributed by atoms with van der Waals surface area (Å²) in [5.74, 6) is 1.50. The van der Waals surface area contributed by atoms with E-state index in [0.29, 0.717) is 50.1 Å². The van der Waals surface area contributed by atoms with Crippen LogP contribution in [0.3, 0.4) is 0 Å². The van der Waals surface area contributed by atoms with Gasteiger partial charge < -0.3 is 4.74 Å². The molecule has 0 amide bonds. The fraction of sp³-hybridized carbons (Fsp3) is 0.292. The van der Waals surface area contributed by atoms with E-state index in [-0.39, 0.29) is 0 Å². The van der Waals surface area contributed by atoms with E-state index in [1.165, 1.54) is 0 Å². The Balaban J connectivity index is 1.25. The predicted molar refractivity (Wildman–Crippen MR) is 128 cm³/mol. The van der Waals surface area contributed by atoms with Crippen LogP contribution >= 0.6 is 0 Å². The monoisotopic (exact) mass is 478 g/mol. The number of benzene rings is 3. The Morgan fingerprint density at radius 3 is 2.38 bits per heavy atom. The molecule has 176 valence electrons. The van der Waals surface area contributed by atoms with Gasteiger partial charge in [-0.2, -0.15) is 8.99 Å². The smallest absolute Gasteiger partial charge is 0.243 e. The third-order valence-electron chi connectivity index (χ3n) is 5.98. The molecule has 0 radical (unpaired) electrons.